The number of pyridine rings is 1. The Labute approximate surface area is 97.2 Å². The average Bonchev–Trinajstić information content (AvgIpc) is 2.74. The van der Waals surface area contributed by atoms with Crippen molar-refractivity contribution >= 4 is 5.82 Å². The van der Waals surface area contributed by atoms with Gasteiger partial charge >= 0.3 is 0 Å². The minimum atomic E-state index is 0.414. The van der Waals surface area contributed by atoms with Crippen LogP contribution in [-0.2, 0) is 4.74 Å². The minimum Gasteiger partial charge on any atom is -0.378 e. The number of anilines is 1. The summed E-state index contributed by atoms with van der Waals surface area (Å²) in [5.74, 6) is 0.994. The SMILES string of the molecule is Cc1cccnc1NC(C)CC1CCCO1. The van der Waals surface area contributed by atoms with Gasteiger partial charge in [0, 0.05) is 18.8 Å². The summed E-state index contributed by atoms with van der Waals surface area (Å²) in [7, 11) is 0. The van der Waals surface area contributed by atoms with Crippen LogP contribution < -0.4 is 5.32 Å². The lowest BCUT2D eigenvalue weighted by molar-refractivity contribution is 0.101. The van der Waals surface area contributed by atoms with E-state index in [1.807, 2.05) is 12.3 Å². The topological polar surface area (TPSA) is 34.2 Å². The Kier molecular flexibility index (Phi) is 3.78. The summed E-state index contributed by atoms with van der Waals surface area (Å²) in [5, 5.41) is 3.45. The van der Waals surface area contributed by atoms with E-state index in [1.165, 1.54) is 18.4 Å². The third kappa shape index (κ3) is 2.95. The Morgan fingerprint density at radius 3 is 3.19 bits per heavy atom. The first-order valence-corrected chi connectivity index (χ1v) is 6.05. The van der Waals surface area contributed by atoms with Gasteiger partial charge in [0.1, 0.15) is 5.82 Å². The molecule has 2 unspecified atom stereocenters. The first-order valence-electron chi connectivity index (χ1n) is 6.05. The van der Waals surface area contributed by atoms with Crippen LogP contribution in [0.2, 0.25) is 0 Å². The predicted molar refractivity (Wildman–Crippen MR) is 65.6 cm³/mol. The van der Waals surface area contributed by atoms with Gasteiger partial charge in [-0.15, -0.1) is 0 Å². The highest BCUT2D eigenvalue weighted by atomic mass is 16.5. The second kappa shape index (κ2) is 5.30. The van der Waals surface area contributed by atoms with Gasteiger partial charge in [0.05, 0.1) is 6.10 Å². The van der Waals surface area contributed by atoms with Crippen LogP contribution >= 0.6 is 0 Å². The van der Waals surface area contributed by atoms with E-state index < -0.39 is 0 Å². The average molecular weight is 220 g/mol. The molecule has 1 N–H and O–H groups in total. The normalized spacial score (nSPS) is 22.0. The molecule has 88 valence electrons. The van der Waals surface area contributed by atoms with Crippen molar-refractivity contribution in [3.63, 3.8) is 0 Å². The van der Waals surface area contributed by atoms with Crippen molar-refractivity contribution in [1.29, 1.82) is 0 Å². The zero-order valence-corrected chi connectivity index (χ0v) is 10.1. The molecule has 1 aromatic heterocycles. The fourth-order valence-electron chi connectivity index (χ4n) is 2.15. The maximum atomic E-state index is 5.63. The molecule has 0 amide bonds. The van der Waals surface area contributed by atoms with Crippen molar-refractivity contribution in [2.75, 3.05) is 11.9 Å². The minimum absolute atomic E-state index is 0.414. The van der Waals surface area contributed by atoms with Crippen molar-refractivity contribution in [1.82, 2.24) is 4.98 Å². The second-order valence-corrected chi connectivity index (χ2v) is 4.59. The lowest BCUT2D eigenvalue weighted by Crippen LogP contribution is -2.22. The molecule has 1 aromatic rings. The van der Waals surface area contributed by atoms with Crippen molar-refractivity contribution in [2.24, 2.45) is 0 Å². The van der Waals surface area contributed by atoms with E-state index in [1.54, 1.807) is 0 Å². The molecule has 0 radical (unpaired) electrons. The molecule has 1 fully saturated rings. The van der Waals surface area contributed by atoms with Gasteiger partial charge in [-0.1, -0.05) is 6.07 Å². The maximum Gasteiger partial charge on any atom is 0.129 e. The summed E-state index contributed by atoms with van der Waals surface area (Å²) in [6.07, 6.45) is 5.74. The fraction of sp³-hybridized carbons (Fsp3) is 0.615. The van der Waals surface area contributed by atoms with Gasteiger partial charge in [-0.2, -0.15) is 0 Å². The zero-order valence-electron chi connectivity index (χ0n) is 10.1. The van der Waals surface area contributed by atoms with Gasteiger partial charge in [-0.3, -0.25) is 0 Å². The highest BCUT2D eigenvalue weighted by molar-refractivity contribution is 5.43. The smallest absolute Gasteiger partial charge is 0.129 e. The summed E-state index contributed by atoms with van der Waals surface area (Å²) in [6, 6.07) is 4.45. The number of hydrogen-bond donors (Lipinski definition) is 1. The van der Waals surface area contributed by atoms with E-state index in [4.69, 9.17) is 4.74 Å². The molecule has 2 rings (SSSR count). The summed E-state index contributed by atoms with van der Waals surface area (Å²) in [5.41, 5.74) is 1.20. The fourth-order valence-corrected chi connectivity index (χ4v) is 2.15. The van der Waals surface area contributed by atoms with E-state index in [9.17, 15) is 0 Å². The molecule has 1 saturated heterocycles. The molecule has 1 aliphatic rings. The number of aromatic nitrogens is 1. The third-order valence-corrected chi connectivity index (χ3v) is 3.03. The quantitative estimate of drug-likeness (QED) is 0.847. The maximum absolute atomic E-state index is 5.63. The van der Waals surface area contributed by atoms with E-state index in [0.29, 0.717) is 12.1 Å². The van der Waals surface area contributed by atoms with Crippen LogP contribution in [0.15, 0.2) is 18.3 Å². The van der Waals surface area contributed by atoms with E-state index >= 15 is 0 Å². The van der Waals surface area contributed by atoms with Gasteiger partial charge in [-0.25, -0.2) is 4.98 Å². The lowest BCUT2D eigenvalue weighted by atomic mass is 10.1. The molecular weight excluding hydrogens is 200 g/mol. The van der Waals surface area contributed by atoms with Crippen molar-refractivity contribution in [2.45, 2.75) is 45.3 Å². The number of nitrogens with one attached hydrogen (secondary N) is 1. The standard InChI is InChI=1S/C13H20N2O/c1-10-5-3-7-14-13(10)15-11(2)9-12-6-4-8-16-12/h3,5,7,11-12H,4,6,8-9H2,1-2H3,(H,14,15). The van der Waals surface area contributed by atoms with Gasteiger partial charge < -0.3 is 10.1 Å². The molecule has 0 bridgehead atoms. The first-order chi connectivity index (χ1) is 7.75. The van der Waals surface area contributed by atoms with Gasteiger partial charge in [-0.05, 0) is 44.7 Å². The first kappa shape index (κ1) is 11.4. The van der Waals surface area contributed by atoms with Crippen molar-refractivity contribution in [3.8, 4) is 0 Å². The van der Waals surface area contributed by atoms with Gasteiger partial charge in [0.15, 0.2) is 0 Å². The molecule has 1 aliphatic heterocycles. The molecule has 2 atom stereocenters. The summed E-state index contributed by atoms with van der Waals surface area (Å²) >= 11 is 0. The van der Waals surface area contributed by atoms with Crippen molar-refractivity contribution < 1.29 is 4.74 Å². The molecule has 3 nitrogen and oxygen atoms in total. The highest BCUT2D eigenvalue weighted by Crippen LogP contribution is 2.19. The van der Waals surface area contributed by atoms with Crippen molar-refractivity contribution in [3.05, 3.63) is 23.9 Å². The predicted octanol–water partition coefficient (Wildman–Crippen LogP) is 2.76. The molecule has 3 heteroatoms. The Bertz CT molecular complexity index is 334. The van der Waals surface area contributed by atoms with Gasteiger partial charge in [0.2, 0.25) is 0 Å². The number of ether oxygens (including phenoxy) is 1. The van der Waals surface area contributed by atoms with E-state index in [2.05, 4.69) is 30.2 Å². The number of nitrogens with zero attached hydrogens (tertiary/aromatic N) is 1. The number of hydrogen-bond acceptors (Lipinski definition) is 3. The second-order valence-electron chi connectivity index (χ2n) is 4.59. The summed E-state index contributed by atoms with van der Waals surface area (Å²) < 4.78 is 5.63. The third-order valence-electron chi connectivity index (χ3n) is 3.03. The van der Waals surface area contributed by atoms with Gasteiger partial charge in [0.25, 0.3) is 0 Å². The molecule has 2 heterocycles. The molecular formula is C13H20N2O. The van der Waals surface area contributed by atoms with Crippen LogP contribution in [0.5, 0.6) is 0 Å². The number of aryl methyl sites for hydroxylation is 1. The monoisotopic (exact) mass is 220 g/mol. The molecule has 0 aliphatic carbocycles. The summed E-state index contributed by atoms with van der Waals surface area (Å²) in [6.45, 7) is 5.20. The Balaban J connectivity index is 1.86. The van der Waals surface area contributed by atoms with Crippen LogP contribution in [0.4, 0.5) is 5.82 Å². The molecule has 0 saturated carbocycles. The van der Waals surface area contributed by atoms with Crippen LogP contribution in [0, 0.1) is 6.92 Å². The molecule has 0 aromatic carbocycles. The van der Waals surface area contributed by atoms with Crippen LogP contribution in [0.25, 0.3) is 0 Å². The Hall–Kier alpha value is -1.09. The highest BCUT2D eigenvalue weighted by Gasteiger charge is 2.18. The molecule has 0 spiro atoms. The molecule has 16 heavy (non-hydrogen) atoms. The van der Waals surface area contributed by atoms with E-state index in [0.717, 1.165) is 18.8 Å². The number of rotatable bonds is 4. The lowest BCUT2D eigenvalue weighted by Gasteiger charge is -2.19. The van der Waals surface area contributed by atoms with E-state index in [-0.39, 0.29) is 0 Å². The summed E-state index contributed by atoms with van der Waals surface area (Å²) in [4.78, 5) is 4.34. The zero-order chi connectivity index (χ0) is 11.4. The Morgan fingerprint density at radius 1 is 1.62 bits per heavy atom. The Morgan fingerprint density at radius 2 is 2.50 bits per heavy atom. The largest absolute Gasteiger partial charge is 0.378 e. The van der Waals surface area contributed by atoms with Crippen LogP contribution in [-0.4, -0.2) is 23.7 Å². The van der Waals surface area contributed by atoms with Crippen LogP contribution in [0.1, 0.15) is 31.7 Å². The van der Waals surface area contributed by atoms with Crippen LogP contribution in [0.3, 0.4) is 0 Å².